The van der Waals surface area contributed by atoms with E-state index >= 15 is 0 Å². The molecule has 1 atom stereocenters. The van der Waals surface area contributed by atoms with Gasteiger partial charge in [0.25, 0.3) is 0 Å². The van der Waals surface area contributed by atoms with Gasteiger partial charge in [0, 0.05) is 28.6 Å². The average Bonchev–Trinajstić information content (AvgIpc) is 2.97. The largest absolute Gasteiger partial charge is 0.508 e. The summed E-state index contributed by atoms with van der Waals surface area (Å²) in [4.78, 5) is 13.3. The minimum Gasteiger partial charge on any atom is -0.508 e. The number of benzene rings is 1. The van der Waals surface area contributed by atoms with E-state index in [2.05, 4.69) is 56.7 Å². The number of aromatic hydroxyl groups is 1. The number of hydrogen-bond donors (Lipinski definition) is 3. The number of phenols is 1. The van der Waals surface area contributed by atoms with Crippen LogP contribution in [0.4, 0.5) is 5.82 Å². The first-order valence-corrected chi connectivity index (χ1v) is 8.64. The van der Waals surface area contributed by atoms with Crippen molar-refractivity contribution < 1.29 is 10.2 Å². The second-order valence-electron chi connectivity index (χ2n) is 5.73. The Kier molecular flexibility index (Phi) is 4.86. The fourth-order valence-corrected chi connectivity index (χ4v) is 2.94. The Morgan fingerprint density at radius 3 is 2.54 bits per heavy atom. The summed E-state index contributed by atoms with van der Waals surface area (Å²) in [5.41, 5.74) is 2.27. The number of aliphatic hydroxyl groups excluding tert-OH is 1. The lowest BCUT2D eigenvalue weighted by Gasteiger charge is -2.18. The number of imidazole rings is 1. The topological polar surface area (TPSA) is 96.1 Å². The van der Waals surface area contributed by atoms with Gasteiger partial charge in [-0.15, -0.1) is 0 Å². The van der Waals surface area contributed by atoms with Gasteiger partial charge in [-0.2, -0.15) is 0 Å². The SMILES string of the molecule is CC(C)n1cnc2c(N[C@@H](CO)c3ccc(O)cc3)nc(I)nc21. The number of aliphatic hydroxyl groups is 1. The first kappa shape index (κ1) is 16.9. The van der Waals surface area contributed by atoms with E-state index in [0.29, 0.717) is 15.2 Å². The molecule has 0 fully saturated rings. The van der Waals surface area contributed by atoms with Gasteiger partial charge < -0.3 is 20.1 Å². The maximum absolute atomic E-state index is 9.75. The summed E-state index contributed by atoms with van der Waals surface area (Å²) in [5.74, 6) is 0.765. The quantitative estimate of drug-likeness (QED) is 0.418. The van der Waals surface area contributed by atoms with Crippen LogP contribution in [0.1, 0.15) is 31.5 Å². The molecule has 1 aromatic carbocycles. The Balaban J connectivity index is 2.00. The predicted molar refractivity (Wildman–Crippen MR) is 100.0 cm³/mol. The first-order chi connectivity index (χ1) is 11.5. The molecule has 0 saturated carbocycles. The van der Waals surface area contributed by atoms with E-state index in [1.807, 2.05) is 4.57 Å². The number of nitrogens with zero attached hydrogens (tertiary/aromatic N) is 4. The molecule has 2 heterocycles. The number of fused-ring (bicyclic) bond motifs is 1. The molecule has 0 bridgehead atoms. The lowest BCUT2D eigenvalue weighted by Crippen LogP contribution is -2.16. The normalized spacial score (nSPS) is 12.7. The van der Waals surface area contributed by atoms with E-state index in [4.69, 9.17) is 0 Å². The zero-order chi connectivity index (χ0) is 17.3. The van der Waals surface area contributed by atoms with E-state index in [9.17, 15) is 10.2 Å². The molecule has 2 aromatic heterocycles. The summed E-state index contributed by atoms with van der Waals surface area (Å²) in [6, 6.07) is 6.58. The summed E-state index contributed by atoms with van der Waals surface area (Å²) in [5, 5.41) is 22.4. The fraction of sp³-hybridized carbons (Fsp3) is 0.312. The van der Waals surface area contributed by atoms with Gasteiger partial charge in [-0.3, -0.25) is 0 Å². The Bertz CT molecular complexity index is 848. The van der Waals surface area contributed by atoms with Crippen LogP contribution >= 0.6 is 22.6 Å². The van der Waals surface area contributed by atoms with E-state index in [0.717, 1.165) is 11.2 Å². The number of hydrogen-bond acceptors (Lipinski definition) is 6. The number of phenolic OH excluding ortho intramolecular Hbond substituents is 1. The van der Waals surface area contributed by atoms with Crippen molar-refractivity contribution in [3.8, 4) is 5.75 Å². The van der Waals surface area contributed by atoms with Crippen LogP contribution in [0, 0.1) is 3.83 Å². The zero-order valence-electron chi connectivity index (χ0n) is 13.3. The molecule has 7 nitrogen and oxygen atoms in total. The Morgan fingerprint density at radius 2 is 1.92 bits per heavy atom. The second kappa shape index (κ2) is 6.89. The van der Waals surface area contributed by atoms with Gasteiger partial charge in [-0.05, 0) is 31.5 Å². The van der Waals surface area contributed by atoms with E-state index in [1.54, 1.807) is 30.6 Å². The van der Waals surface area contributed by atoms with Gasteiger partial charge in [-0.25, -0.2) is 15.0 Å². The van der Waals surface area contributed by atoms with E-state index in [1.165, 1.54) is 0 Å². The highest BCUT2D eigenvalue weighted by atomic mass is 127. The molecule has 3 aromatic rings. The number of anilines is 1. The van der Waals surface area contributed by atoms with Crippen molar-refractivity contribution in [2.75, 3.05) is 11.9 Å². The van der Waals surface area contributed by atoms with E-state index in [-0.39, 0.29) is 24.4 Å². The summed E-state index contributed by atoms with van der Waals surface area (Å²) in [7, 11) is 0. The lowest BCUT2D eigenvalue weighted by molar-refractivity contribution is 0.276. The van der Waals surface area contributed by atoms with Crippen LogP contribution < -0.4 is 5.32 Å². The molecule has 0 unspecified atom stereocenters. The molecule has 8 heteroatoms. The van der Waals surface area contributed by atoms with Gasteiger partial charge in [0.1, 0.15) is 5.75 Å². The molecule has 0 aliphatic carbocycles. The summed E-state index contributed by atoms with van der Waals surface area (Å²) >= 11 is 2.07. The molecule has 0 aliphatic rings. The van der Waals surface area contributed by atoms with Gasteiger partial charge in [0.2, 0.25) is 0 Å². The standard InChI is InChI=1S/C16H18IN5O2/c1-9(2)22-8-18-13-14(20-16(17)21-15(13)22)19-12(7-23)10-3-5-11(24)6-4-10/h3-6,8-9,12,23-24H,7H2,1-2H3,(H,19,20,21)/t12-/m0/s1. The van der Waals surface area contributed by atoms with Crippen LogP contribution in [0.25, 0.3) is 11.2 Å². The number of rotatable bonds is 5. The molecular formula is C16H18IN5O2. The van der Waals surface area contributed by atoms with Crippen LogP contribution in [0.15, 0.2) is 30.6 Å². The van der Waals surface area contributed by atoms with E-state index < -0.39 is 0 Å². The Hall–Kier alpha value is -1.94. The van der Waals surface area contributed by atoms with Crippen LogP contribution in [0.3, 0.4) is 0 Å². The molecule has 0 amide bonds. The van der Waals surface area contributed by atoms with Crippen molar-refractivity contribution in [1.29, 1.82) is 0 Å². The Labute approximate surface area is 152 Å². The maximum Gasteiger partial charge on any atom is 0.194 e. The molecule has 3 rings (SSSR count). The highest BCUT2D eigenvalue weighted by molar-refractivity contribution is 14.1. The minimum atomic E-state index is -0.358. The van der Waals surface area contributed by atoms with Crippen molar-refractivity contribution in [2.24, 2.45) is 0 Å². The van der Waals surface area contributed by atoms with Crippen molar-refractivity contribution >= 4 is 39.6 Å². The number of halogens is 1. The Morgan fingerprint density at radius 1 is 1.21 bits per heavy atom. The molecule has 0 radical (unpaired) electrons. The lowest BCUT2D eigenvalue weighted by atomic mass is 10.1. The highest BCUT2D eigenvalue weighted by Crippen LogP contribution is 2.26. The monoisotopic (exact) mass is 439 g/mol. The van der Waals surface area contributed by atoms with Gasteiger partial charge >= 0.3 is 0 Å². The molecule has 0 saturated heterocycles. The highest BCUT2D eigenvalue weighted by Gasteiger charge is 2.18. The third-order valence-electron chi connectivity index (χ3n) is 3.74. The third-order valence-corrected chi connectivity index (χ3v) is 4.22. The number of aromatic nitrogens is 4. The number of nitrogens with one attached hydrogen (secondary N) is 1. The van der Waals surface area contributed by atoms with Crippen molar-refractivity contribution in [3.05, 3.63) is 40.0 Å². The first-order valence-electron chi connectivity index (χ1n) is 7.56. The van der Waals surface area contributed by atoms with Gasteiger partial charge in [0.05, 0.1) is 19.0 Å². The van der Waals surface area contributed by atoms with Crippen LogP contribution in [-0.4, -0.2) is 36.3 Å². The predicted octanol–water partition coefficient (Wildman–Crippen LogP) is 2.86. The van der Waals surface area contributed by atoms with Crippen molar-refractivity contribution in [2.45, 2.75) is 25.9 Å². The molecular weight excluding hydrogens is 421 g/mol. The van der Waals surface area contributed by atoms with Crippen molar-refractivity contribution in [1.82, 2.24) is 19.5 Å². The van der Waals surface area contributed by atoms with Gasteiger partial charge in [-0.1, -0.05) is 12.1 Å². The minimum absolute atomic E-state index is 0.113. The smallest absolute Gasteiger partial charge is 0.194 e. The van der Waals surface area contributed by atoms with Crippen LogP contribution in [0.5, 0.6) is 5.75 Å². The van der Waals surface area contributed by atoms with Crippen LogP contribution in [0.2, 0.25) is 0 Å². The van der Waals surface area contributed by atoms with Crippen molar-refractivity contribution in [3.63, 3.8) is 0 Å². The molecule has 24 heavy (non-hydrogen) atoms. The third kappa shape index (κ3) is 3.29. The molecule has 0 spiro atoms. The maximum atomic E-state index is 9.75. The second-order valence-corrected chi connectivity index (χ2v) is 6.69. The average molecular weight is 439 g/mol. The molecule has 0 aliphatic heterocycles. The molecule has 126 valence electrons. The fourth-order valence-electron chi connectivity index (χ4n) is 2.47. The zero-order valence-corrected chi connectivity index (χ0v) is 15.5. The van der Waals surface area contributed by atoms with Crippen LogP contribution in [-0.2, 0) is 0 Å². The summed E-state index contributed by atoms with van der Waals surface area (Å²) in [6.45, 7) is 4.02. The molecule has 3 N–H and O–H groups in total. The summed E-state index contributed by atoms with van der Waals surface area (Å²) < 4.78 is 2.59. The summed E-state index contributed by atoms with van der Waals surface area (Å²) in [6.07, 6.45) is 1.75. The van der Waals surface area contributed by atoms with Gasteiger partial charge in [0.15, 0.2) is 20.8 Å².